The second-order valence-corrected chi connectivity index (χ2v) is 4.89. The van der Waals surface area contributed by atoms with Crippen molar-refractivity contribution in [1.82, 2.24) is 4.72 Å². The van der Waals surface area contributed by atoms with E-state index in [9.17, 15) is 18.0 Å². The van der Waals surface area contributed by atoms with Gasteiger partial charge in [0.05, 0.1) is 11.1 Å². The summed E-state index contributed by atoms with van der Waals surface area (Å²) >= 11 is 0.804. The van der Waals surface area contributed by atoms with Crippen molar-refractivity contribution in [2.24, 2.45) is 0 Å². The fraction of sp³-hybridized carbons (Fsp3) is 0.364. The van der Waals surface area contributed by atoms with Crippen LogP contribution in [-0.2, 0) is 11.0 Å². The summed E-state index contributed by atoms with van der Waals surface area (Å²) in [6, 6.07) is 5.23. The predicted molar refractivity (Wildman–Crippen MR) is 60.6 cm³/mol. The van der Waals surface area contributed by atoms with Crippen LogP contribution in [0.5, 0.6) is 0 Å². The molecule has 6 heteroatoms. The molecule has 0 bridgehead atoms. The Labute approximate surface area is 102 Å². The largest absolute Gasteiger partial charge is 0.417 e. The third-order valence-electron chi connectivity index (χ3n) is 1.91. The van der Waals surface area contributed by atoms with Crippen molar-refractivity contribution in [2.45, 2.75) is 30.5 Å². The molecule has 0 heterocycles. The van der Waals surface area contributed by atoms with Gasteiger partial charge in [0.1, 0.15) is 6.29 Å². The van der Waals surface area contributed by atoms with E-state index in [1.165, 1.54) is 18.2 Å². The van der Waals surface area contributed by atoms with E-state index in [-0.39, 0.29) is 4.90 Å². The molecule has 1 rings (SSSR count). The summed E-state index contributed by atoms with van der Waals surface area (Å²) in [6.07, 6.45) is -3.74. The predicted octanol–water partition coefficient (Wildman–Crippen LogP) is 3.28. The van der Waals surface area contributed by atoms with Crippen LogP contribution in [0.2, 0.25) is 0 Å². The second-order valence-electron chi connectivity index (χ2n) is 4.04. The van der Waals surface area contributed by atoms with Gasteiger partial charge in [0.25, 0.3) is 0 Å². The molecule has 0 aliphatic heterocycles. The van der Waals surface area contributed by atoms with E-state index < -0.39 is 17.3 Å². The van der Waals surface area contributed by atoms with Gasteiger partial charge in [-0.3, -0.25) is 0 Å². The number of hydrogen-bond donors (Lipinski definition) is 1. The van der Waals surface area contributed by atoms with Crippen molar-refractivity contribution < 1.29 is 18.0 Å². The van der Waals surface area contributed by atoms with Gasteiger partial charge < -0.3 is 4.79 Å². The Kier molecular flexibility index (Phi) is 4.21. The highest BCUT2D eigenvalue weighted by Crippen LogP contribution is 2.35. The highest BCUT2D eigenvalue weighted by molar-refractivity contribution is 7.97. The van der Waals surface area contributed by atoms with Crippen LogP contribution in [0.15, 0.2) is 29.2 Å². The molecule has 0 aliphatic carbocycles. The van der Waals surface area contributed by atoms with Crippen LogP contribution >= 0.6 is 11.9 Å². The minimum Gasteiger partial charge on any atom is -0.301 e. The fourth-order valence-electron chi connectivity index (χ4n) is 1.00. The van der Waals surface area contributed by atoms with Crippen LogP contribution in [0.3, 0.4) is 0 Å². The number of aldehydes is 1. The molecule has 0 aromatic heterocycles. The van der Waals surface area contributed by atoms with E-state index >= 15 is 0 Å². The Bertz CT molecular complexity index is 404. The molecule has 1 aromatic carbocycles. The topological polar surface area (TPSA) is 29.1 Å². The quantitative estimate of drug-likeness (QED) is 0.667. The first-order valence-corrected chi connectivity index (χ1v) is 5.64. The maximum absolute atomic E-state index is 12.6. The molecule has 2 nitrogen and oxygen atoms in total. The van der Waals surface area contributed by atoms with Crippen molar-refractivity contribution in [3.8, 4) is 0 Å². The van der Waals surface area contributed by atoms with Gasteiger partial charge in [-0.15, -0.1) is 0 Å². The summed E-state index contributed by atoms with van der Waals surface area (Å²) in [5.74, 6) is 0. The molecule has 0 unspecified atom stereocenters. The number of benzene rings is 1. The third-order valence-corrected chi connectivity index (χ3v) is 3.12. The lowest BCUT2D eigenvalue weighted by atomic mass is 10.1. The Morgan fingerprint density at radius 1 is 1.24 bits per heavy atom. The summed E-state index contributed by atoms with van der Waals surface area (Å²) in [5, 5.41) is 0. The van der Waals surface area contributed by atoms with Crippen molar-refractivity contribution >= 4 is 18.2 Å². The fourth-order valence-corrected chi connectivity index (χ4v) is 1.86. The van der Waals surface area contributed by atoms with Crippen molar-refractivity contribution in [2.75, 3.05) is 0 Å². The molecule has 0 fully saturated rings. The molecule has 0 spiro atoms. The standard InChI is InChI=1S/C11H12F3NOS/c1-10(2,7-16)15-17-9-6-4-3-5-8(9)11(12,13)14/h3-7,15H,1-2H3. The van der Waals surface area contributed by atoms with Crippen molar-refractivity contribution in [3.05, 3.63) is 29.8 Å². The Hall–Kier alpha value is -1.01. The summed E-state index contributed by atoms with van der Waals surface area (Å²) in [6.45, 7) is 3.17. The van der Waals surface area contributed by atoms with E-state index in [4.69, 9.17) is 0 Å². The molecule has 1 aromatic rings. The average Bonchev–Trinajstić information content (AvgIpc) is 2.26. The van der Waals surface area contributed by atoms with Gasteiger partial charge in [-0.2, -0.15) is 13.2 Å². The first-order valence-electron chi connectivity index (χ1n) is 4.83. The number of alkyl halides is 3. The van der Waals surface area contributed by atoms with E-state index in [1.807, 2.05) is 0 Å². The van der Waals surface area contributed by atoms with Crippen LogP contribution in [-0.4, -0.2) is 11.8 Å². The molecule has 0 saturated heterocycles. The van der Waals surface area contributed by atoms with Gasteiger partial charge in [-0.05, 0) is 37.9 Å². The Morgan fingerprint density at radius 2 is 1.82 bits per heavy atom. The zero-order valence-corrected chi connectivity index (χ0v) is 10.2. The van der Waals surface area contributed by atoms with Crippen LogP contribution in [0.4, 0.5) is 13.2 Å². The minimum atomic E-state index is -4.39. The molecule has 94 valence electrons. The third kappa shape index (κ3) is 4.05. The molecule has 0 aliphatic rings. The molecule has 1 N–H and O–H groups in total. The number of hydrogen-bond acceptors (Lipinski definition) is 3. The molecule has 17 heavy (non-hydrogen) atoms. The van der Waals surface area contributed by atoms with Crippen LogP contribution < -0.4 is 4.72 Å². The molecule has 0 saturated carbocycles. The molecular formula is C11H12F3NOS. The van der Waals surface area contributed by atoms with E-state index in [2.05, 4.69) is 4.72 Å². The summed E-state index contributed by atoms with van der Waals surface area (Å²) in [7, 11) is 0. The summed E-state index contributed by atoms with van der Waals surface area (Å²) in [4.78, 5) is 10.7. The van der Waals surface area contributed by atoms with Gasteiger partial charge in [0, 0.05) is 4.90 Å². The molecular weight excluding hydrogens is 251 g/mol. The lowest BCUT2D eigenvalue weighted by Gasteiger charge is -2.19. The minimum absolute atomic E-state index is 0.0509. The lowest BCUT2D eigenvalue weighted by Crippen LogP contribution is -2.35. The van der Waals surface area contributed by atoms with Crippen LogP contribution in [0.25, 0.3) is 0 Å². The van der Waals surface area contributed by atoms with Gasteiger partial charge in [-0.1, -0.05) is 12.1 Å². The monoisotopic (exact) mass is 263 g/mol. The number of nitrogens with one attached hydrogen (secondary N) is 1. The summed E-state index contributed by atoms with van der Waals surface area (Å²) < 4.78 is 40.6. The molecule has 0 radical (unpaired) electrons. The highest BCUT2D eigenvalue weighted by atomic mass is 32.2. The summed E-state index contributed by atoms with van der Waals surface area (Å²) in [5.41, 5.74) is -1.58. The van der Waals surface area contributed by atoms with E-state index in [0.29, 0.717) is 6.29 Å². The number of halogens is 3. The average molecular weight is 263 g/mol. The zero-order chi connectivity index (χ0) is 13.1. The van der Waals surface area contributed by atoms with Gasteiger partial charge in [0.2, 0.25) is 0 Å². The number of carbonyl (C=O) groups excluding carboxylic acids is 1. The second kappa shape index (κ2) is 5.10. The number of rotatable bonds is 4. The Morgan fingerprint density at radius 3 is 2.35 bits per heavy atom. The zero-order valence-electron chi connectivity index (χ0n) is 9.34. The molecule has 0 amide bonds. The van der Waals surface area contributed by atoms with E-state index in [0.717, 1.165) is 18.0 Å². The first kappa shape index (κ1) is 14.1. The van der Waals surface area contributed by atoms with Gasteiger partial charge in [-0.25, -0.2) is 4.72 Å². The molecule has 0 atom stereocenters. The van der Waals surface area contributed by atoms with E-state index in [1.54, 1.807) is 13.8 Å². The maximum atomic E-state index is 12.6. The van der Waals surface area contributed by atoms with Crippen molar-refractivity contribution in [3.63, 3.8) is 0 Å². The van der Waals surface area contributed by atoms with Crippen molar-refractivity contribution in [1.29, 1.82) is 0 Å². The van der Waals surface area contributed by atoms with Gasteiger partial charge >= 0.3 is 6.18 Å². The highest BCUT2D eigenvalue weighted by Gasteiger charge is 2.33. The SMILES string of the molecule is CC(C)(C=O)NSc1ccccc1C(F)(F)F. The smallest absolute Gasteiger partial charge is 0.301 e. The van der Waals surface area contributed by atoms with Gasteiger partial charge in [0.15, 0.2) is 0 Å². The first-order chi connectivity index (χ1) is 7.76. The lowest BCUT2D eigenvalue weighted by molar-refractivity contribution is -0.139. The normalized spacial score (nSPS) is 12.5. The van der Waals surface area contributed by atoms with Crippen LogP contribution in [0, 0.1) is 0 Å². The van der Waals surface area contributed by atoms with Crippen LogP contribution in [0.1, 0.15) is 19.4 Å². The Balaban J connectivity index is 2.89. The maximum Gasteiger partial charge on any atom is 0.417 e. The number of carbonyl (C=O) groups is 1.